The molecule has 1 saturated heterocycles. The van der Waals surface area contributed by atoms with Crippen molar-refractivity contribution in [3.05, 3.63) is 64.2 Å². The van der Waals surface area contributed by atoms with Gasteiger partial charge in [0.15, 0.2) is 0 Å². The Hall–Kier alpha value is -2.08. The molecule has 29 heavy (non-hydrogen) atoms. The molecule has 2 amide bonds. The van der Waals surface area contributed by atoms with Crippen LogP contribution in [-0.2, 0) is 22.4 Å². The number of rotatable bonds is 5. The fourth-order valence-corrected chi connectivity index (χ4v) is 4.24. The van der Waals surface area contributed by atoms with Gasteiger partial charge in [-0.3, -0.25) is 9.59 Å². The highest BCUT2D eigenvalue weighted by atomic mass is 35.5. The second-order valence-corrected chi connectivity index (χ2v) is 7.87. The third kappa shape index (κ3) is 5.10. The predicted molar refractivity (Wildman–Crippen MR) is 118 cm³/mol. The molecule has 1 atom stereocenters. The maximum Gasteiger partial charge on any atom is 0.228 e. The van der Waals surface area contributed by atoms with Crippen LogP contribution in [0.25, 0.3) is 0 Å². The van der Waals surface area contributed by atoms with Crippen molar-refractivity contribution in [1.82, 2.24) is 10.2 Å². The van der Waals surface area contributed by atoms with E-state index in [1.54, 1.807) is 0 Å². The molecule has 2 aliphatic rings. The number of amides is 2. The Balaban J connectivity index is 0.00000240. The molecule has 2 aromatic rings. The van der Waals surface area contributed by atoms with E-state index in [4.69, 9.17) is 11.6 Å². The fourth-order valence-electron chi connectivity index (χ4n) is 4.04. The number of benzene rings is 2. The number of carbonyl (C=O) groups is 2. The van der Waals surface area contributed by atoms with Crippen molar-refractivity contribution in [3.8, 4) is 0 Å². The number of nitrogens with zero attached hydrogens (tertiary/aromatic N) is 1. The molecular weight excluding hydrogens is 409 g/mol. The minimum absolute atomic E-state index is 0. The van der Waals surface area contributed by atoms with Crippen LogP contribution >= 0.6 is 24.0 Å². The summed E-state index contributed by atoms with van der Waals surface area (Å²) < 4.78 is 0. The van der Waals surface area contributed by atoms with E-state index < -0.39 is 0 Å². The van der Waals surface area contributed by atoms with Crippen LogP contribution in [0.3, 0.4) is 0 Å². The molecule has 0 radical (unpaired) electrons. The lowest BCUT2D eigenvalue weighted by Gasteiger charge is -2.36. The lowest BCUT2D eigenvalue weighted by atomic mass is 10.0. The molecule has 2 aromatic carbocycles. The molecule has 2 aliphatic heterocycles. The van der Waals surface area contributed by atoms with E-state index in [9.17, 15) is 9.59 Å². The molecular formula is C22H25Cl2N3O2. The number of carbonyl (C=O) groups excluding carboxylic acids is 2. The lowest BCUT2D eigenvalue weighted by molar-refractivity contribution is -0.134. The normalized spacial score (nSPS) is 18.0. The molecule has 5 nitrogen and oxygen atoms in total. The van der Waals surface area contributed by atoms with Gasteiger partial charge in [0, 0.05) is 36.8 Å². The van der Waals surface area contributed by atoms with E-state index in [0.717, 1.165) is 42.7 Å². The number of nitrogens with one attached hydrogen (secondary N) is 2. The largest absolute Gasteiger partial charge is 0.333 e. The van der Waals surface area contributed by atoms with E-state index in [2.05, 4.69) is 16.7 Å². The van der Waals surface area contributed by atoms with Gasteiger partial charge in [0.1, 0.15) is 0 Å². The number of hydrogen-bond donors (Lipinski definition) is 2. The predicted octanol–water partition coefficient (Wildman–Crippen LogP) is 3.75. The molecule has 2 N–H and O–H groups in total. The molecule has 0 aromatic heterocycles. The highest BCUT2D eigenvalue weighted by Crippen LogP contribution is 2.27. The molecule has 0 spiro atoms. The molecule has 0 aliphatic carbocycles. The molecule has 2 heterocycles. The zero-order chi connectivity index (χ0) is 19.5. The van der Waals surface area contributed by atoms with Crippen LogP contribution in [0, 0.1) is 0 Å². The van der Waals surface area contributed by atoms with Gasteiger partial charge in [-0.15, -0.1) is 12.4 Å². The SMILES string of the molecule is Cl.O=C1Cc2cc(CCCC(=O)N3CCNCC3c3cccc(Cl)c3)ccc2N1. The Morgan fingerprint density at radius 2 is 2.07 bits per heavy atom. The summed E-state index contributed by atoms with van der Waals surface area (Å²) in [4.78, 5) is 26.4. The number of fused-ring (bicyclic) bond motifs is 1. The highest BCUT2D eigenvalue weighted by Gasteiger charge is 2.27. The summed E-state index contributed by atoms with van der Waals surface area (Å²) >= 11 is 6.14. The van der Waals surface area contributed by atoms with Crippen molar-refractivity contribution in [3.63, 3.8) is 0 Å². The maximum absolute atomic E-state index is 12.9. The van der Waals surface area contributed by atoms with Crippen LogP contribution in [0.1, 0.15) is 35.6 Å². The van der Waals surface area contributed by atoms with Gasteiger partial charge in [-0.25, -0.2) is 0 Å². The summed E-state index contributed by atoms with van der Waals surface area (Å²) in [5.41, 5.74) is 4.21. The molecule has 154 valence electrons. The average molecular weight is 434 g/mol. The first-order chi connectivity index (χ1) is 13.6. The zero-order valence-electron chi connectivity index (χ0n) is 16.1. The van der Waals surface area contributed by atoms with Crippen LogP contribution in [0.15, 0.2) is 42.5 Å². The van der Waals surface area contributed by atoms with Crippen LogP contribution in [-0.4, -0.2) is 36.3 Å². The molecule has 1 unspecified atom stereocenters. The number of hydrogen-bond acceptors (Lipinski definition) is 3. The Kier molecular flexibility index (Phi) is 7.17. The Morgan fingerprint density at radius 3 is 2.90 bits per heavy atom. The molecule has 4 rings (SSSR count). The third-order valence-corrected chi connectivity index (χ3v) is 5.68. The van der Waals surface area contributed by atoms with E-state index in [1.807, 2.05) is 41.3 Å². The lowest BCUT2D eigenvalue weighted by Crippen LogP contribution is -2.48. The molecule has 0 saturated carbocycles. The van der Waals surface area contributed by atoms with E-state index in [-0.39, 0.29) is 30.3 Å². The third-order valence-electron chi connectivity index (χ3n) is 5.45. The molecule has 1 fully saturated rings. The summed E-state index contributed by atoms with van der Waals surface area (Å²) in [6.07, 6.45) is 2.60. The van der Waals surface area contributed by atoms with Gasteiger partial charge in [-0.2, -0.15) is 0 Å². The van der Waals surface area contributed by atoms with Gasteiger partial charge in [0.2, 0.25) is 11.8 Å². The second kappa shape index (κ2) is 9.61. The van der Waals surface area contributed by atoms with Gasteiger partial charge in [-0.05, 0) is 47.7 Å². The standard InChI is InChI=1S/C22H24ClN3O2.ClH/c23-18-5-2-4-16(12-18)20-14-24-9-10-26(20)22(28)6-1-3-15-7-8-19-17(11-15)13-21(27)25-19;/h2,4-5,7-8,11-12,20,24H,1,3,6,9-10,13-14H2,(H,25,27);1H. The Labute approximate surface area is 182 Å². The molecule has 7 heteroatoms. The summed E-state index contributed by atoms with van der Waals surface area (Å²) in [6, 6.07) is 13.9. The number of anilines is 1. The average Bonchev–Trinajstić information content (AvgIpc) is 3.07. The first kappa shape index (κ1) is 21.6. The quantitative estimate of drug-likeness (QED) is 0.754. The summed E-state index contributed by atoms with van der Waals surface area (Å²) in [7, 11) is 0. The van der Waals surface area contributed by atoms with Gasteiger partial charge in [0.25, 0.3) is 0 Å². The van der Waals surface area contributed by atoms with Crippen LogP contribution in [0.2, 0.25) is 5.02 Å². The smallest absolute Gasteiger partial charge is 0.228 e. The Morgan fingerprint density at radius 1 is 1.21 bits per heavy atom. The van der Waals surface area contributed by atoms with E-state index >= 15 is 0 Å². The topological polar surface area (TPSA) is 61.4 Å². The first-order valence-corrected chi connectivity index (χ1v) is 10.2. The zero-order valence-corrected chi connectivity index (χ0v) is 17.7. The summed E-state index contributed by atoms with van der Waals surface area (Å²) in [5.74, 6) is 0.234. The van der Waals surface area contributed by atoms with Gasteiger partial charge >= 0.3 is 0 Å². The van der Waals surface area contributed by atoms with Crippen molar-refractivity contribution < 1.29 is 9.59 Å². The maximum atomic E-state index is 12.9. The Bertz CT molecular complexity index is 903. The minimum atomic E-state index is 0. The number of halogens is 2. The summed E-state index contributed by atoms with van der Waals surface area (Å²) in [6.45, 7) is 2.27. The number of aryl methyl sites for hydroxylation is 1. The van der Waals surface area contributed by atoms with Crippen LogP contribution in [0.4, 0.5) is 5.69 Å². The highest BCUT2D eigenvalue weighted by molar-refractivity contribution is 6.30. The van der Waals surface area contributed by atoms with Crippen molar-refractivity contribution >= 4 is 41.5 Å². The van der Waals surface area contributed by atoms with Crippen molar-refractivity contribution in [2.45, 2.75) is 31.7 Å². The summed E-state index contributed by atoms with van der Waals surface area (Å²) in [5, 5.41) is 6.92. The van der Waals surface area contributed by atoms with Crippen molar-refractivity contribution in [2.75, 3.05) is 25.0 Å². The van der Waals surface area contributed by atoms with Crippen LogP contribution < -0.4 is 10.6 Å². The molecule has 0 bridgehead atoms. The van der Waals surface area contributed by atoms with E-state index in [0.29, 0.717) is 24.4 Å². The van der Waals surface area contributed by atoms with Crippen molar-refractivity contribution in [2.24, 2.45) is 0 Å². The van der Waals surface area contributed by atoms with Gasteiger partial charge in [0.05, 0.1) is 12.5 Å². The number of piperazine rings is 1. The minimum Gasteiger partial charge on any atom is -0.333 e. The first-order valence-electron chi connectivity index (χ1n) is 9.77. The fraction of sp³-hybridized carbons (Fsp3) is 0.364. The monoisotopic (exact) mass is 433 g/mol. The van der Waals surface area contributed by atoms with E-state index in [1.165, 1.54) is 5.56 Å². The van der Waals surface area contributed by atoms with Crippen molar-refractivity contribution in [1.29, 1.82) is 0 Å². The van der Waals surface area contributed by atoms with Gasteiger partial charge in [-0.1, -0.05) is 35.9 Å². The van der Waals surface area contributed by atoms with Crippen LogP contribution in [0.5, 0.6) is 0 Å². The second-order valence-electron chi connectivity index (χ2n) is 7.43. The van der Waals surface area contributed by atoms with Gasteiger partial charge < -0.3 is 15.5 Å².